The number of urea groups is 1. The Hall–Kier alpha value is -3.55. The van der Waals surface area contributed by atoms with Crippen LogP contribution in [-0.4, -0.2) is 41.0 Å². The van der Waals surface area contributed by atoms with Gasteiger partial charge in [-0.3, -0.25) is 0 Å². The number of likely N-dealkylation sites (tertiary alicyclic amines) is 1. The highest BCUT2D eigenvalue weighted by Crippen LogP contribution is 2.36. The number of para-hydroxylation sites is 1. The number of hydrogen-bond acceptors (Lipinski definition) is 6. The first kappa shape index (κ1) is 17.5. The molecule has 0 spiro atoms. The van der Waals surface area contributed by atoms with E-state index >= 15 is 0 Å². The lowest BCUT2D eigenvalue weighted by Gasteiger charge is -2.31. The van der Waals surface area contributed by atoms with Gasteiger partial charge in [0.05, 0.1) is 5.92 Å². The fourth-order valence-corrected chi connectivity index (χ4v) is 3.63. The number of ether oxygens (including phenoxy) is 2. The number of benzene rings is 2. The van der Waals surface area contributed by atoms with Crippen molar-refractivity contribution in [1.82, 2.24) is 15.1 Å². The normalized spacial score (nSPS) is 17.9. The monoisotopic (exact) mass is 392 g/mol. The summed E-state index contributed by atoms with van der Waals surface area (Å²) in [6, 6.07) is 14.9. The number of piperidine rings is 1. The number of carbonyl (C=O) groups is 1. The Bertz CT molecular complexity index is 1020. The maximum atomic E-state index is 12.6. The van der Waals surface area contributed by atoms with Crippen molar-refractivity contribution >= 4 is 11.7 Å². The van der Waals surface area contributed by atoms with E-state index in [-0.39, 0.29) is 18.7 Å². The maximum absolute atomic E-state index is 12.6. The molecule has 148 valence electrons. The fraction of sp³-hybridized carbons (Fsp3) is 0.286. The Balaban J connectivity index is 1.28. The van der Waals surface area contributed by atoms with Crippen molar-refractivity contribution in [2.45, 2.75) is 18.8 Å². The van der Waals surface area contributed by atoms with Gasteiger partial charge in [-0.1, -0.05) is 18.2 Å². The maximum Gasteiger partial charge on any atom is 0.321 e. The summed E-state index contributed by atoms with van der Waals surface area (Å²) < 4.78 is 16.7. The third-order valence-corrected chi connectivity index (χ3v) is 5.14. The summed E-state index contributed by atoms with van der Waals surface area (Å²) in [5.74, 6) is 2.38. The van der Waals surface area contributed by atoms with E-state index in [2.05, 4.69) is 15.5 Å². The molecule has 2 aliphatic rings. The molecule has 1 atom stereocenters. The Morgan fingerprint density at radius 1 is 1.07 bits per heavy atom. The van der Waals surface area contributed by atoms with Crippen LogP contribution in [0.25, 0.3) is 11.5 Å². The average Bonchev–Trinajstić information content (AvgIpc) is 3.44. The number of nitrogens with one attached hydrogen (secondary N) is 1. The van der Waals surface area contributed by atoms with Gasteiger partial charge in [-0.25, -0.2) is 4.79 Å². The molecule has 3 aromatic rings. The Kier molecular flexibility index (Phi) is 4.51. The van der Waals surface area contributed by atoms with Crippen LogP contribution >= 0.6 is 0 Å². The number of fused-ring (bicyclic) bond motifs is 1. The lowest BCUT2D eigenvalue weighted by Crippen LogP contribution is -2.41. The molecule has 3 heterocycles. The van der Waals surface area contributed by atoms with Gasteiger partial charge in [-0.05, 0) is 43.2 Å². The lowest BCUT2D eigenvalue weighted by atomic mass is 9.98. The van der Waals surface area contributed by atoms with Gasteiger partial charge in [-0.2, -0.15) is 0 Å². The first-order chi connectivity index (χ1) is 14.3. The second kappa shape index (κ2) is 7.46. The number of rotatable bonds is 3. The molecule has 0 bridgehead atoms. The van der Waals surface area contributed by atoms with Crippen molar-refractivity contribution in [2.75, 3.05) is 25.2 Å². The molecule has 5 rings (SSSR count). The van der Waals surface area contributed by atoms with Crippen LogP contribution in [0.2, 0.25) is 0 Å². The van der Waals surface area contributed by atoms with E-state index in [1.807, 2.05) is 48.5 Å². The van der Waals surface area contributed by atoms with Gasteiger partial charge in [0.25, 0.3) is 0 Å². The van der Waals surface area contributed by atoms with E-state index < -0.39 is 0 Å². The van der Waals surface area contributed by atoms with Gasteiger partial charge in [0.15, 0.2) is 11.5 Å². The van der Waals surface area contributed by atoms with E-state index in [1.54, 1.807) is 4.90 Å². The molecule has 1 saturated heterocycles. The van der Waals surface area contributed by atoms with E-state index in [9.17, 15) is 4.79 Å². The van der Waals surface area contributed by atoms with Gasteiger partial charge in [-0.15, -0.1) is 10.2 Å². The Morgan fingerprint density at radius 3 is 2.83 bits per heavy atom. The zero-order valence-electron chi connectivity index (χ0n) is 15.7. The highest BCUT2D eigenvalue weighted by Gasteiger charge is 2.29. The van der Waals surface area contributed by atoms with Crippen molar-refractivity contribution in [3.8, 4) is 23.0 Å². The smallest absolute Gasteiger partial charge is 0.321 e. The summed E-state index contributed by atoms with van der Waals surface area (Å²) in [6.07, 6.45) is 1.78. The predicted octanol–water partition coefficient (Wildman–Crippen LogP) is 3.88. The summed E-state index contributed by atoms with van der Waals surface area (Å²) in [5.41, 5.74) is 1.56. The van der Waals surface area contributed by atoms with Crippen molar-refractivity contribution in [1.29, 1.82) is 0 Å². The van der Waals surface area contributed by atoms with Crippen molar-refractivity contribution in [3.05, 3.63) is 54.4 Å². The summed E-state index contributed by atoms with van der Waals surface area (Å²) >= 11 is 0. The second-order valence-electron chi connectivity index (χ2n) is 7.09. The van der Waals surface area contributed by atoms with Crippen LogP contribution in [0.1, 0.15) is 24.7 Å². The van der Waals surface area contributed by atoms with Crippen LogP contribution in [0.5, 0.6) is 11.5 Å². The SMILES string of the molecule is O=C(Nc1ccccc1)N1CCCC(c2nnc(-c3ccc4c(c3)OCO4)o2)C1. The second-order valence-corrected chi connectivity index (χ2v) is 7.09. The fourth-order valence-electron chi connectivity index (χ4n) is 3.63. The minimum absolute atomic E-state index is 0.0144. The zero-order chi connectivity index (χ0) is 19.6. The van der Waals surface area contributed by atoms with Gasteiger partial charge < -0.3 is 24.1 Å². The topological polar surface area (TPSA) is 89.7 Å². The van der Waals surface area contributed by atoms with E-state index in [0.29, 0.717) is 36.4 Å². The average molecular weight is 392 g/mol. The Labute approximate surface area is 167 Å². The van der Waals surface area contributed by atoms with Gasteiger partial charge in [0, 0.05) is 24.3 Å². The number of aromatic nitrogens is 2. The molecule has 1 fully saturated rings. The molecule has 2 amide bonds. The first-order valence-electron chi connectivity index (χ1n) is 9.61. The van der Waals surface area contributed by atoms with Crippen LogP contribution in [0, 0.1) is 0 Å². The predicted molar refractivity (Wildman–Crippen MR) is 105 cm³/mol. The number of nitrogens with zero attached hydrogens (tertiary/aromatic N) is 3. The van der Waals surface area contributed by atoms with Crippen LogP contribution in [0.3, 0.4) is 0 Å². The lowest BCUT2D eigenvalue weighted by molar-refractivity contribution is 0.174. The quantitative estimate of drug-likeness (QED) is 0.728. The molecule has 2 aliphatic heterocycles. The van der Waals surface area contributed by atoms with Crippen molar-refractivity contribution < 1.29 is 18.7 Å². The number of amides is 2. The number of hydrogen-bond donors (Lipinski definition) is 1. The molecule has 8 heteroatoms. The van der Waals surface area contributed by atoms with Crippen LogP contribution in [-0.2, 0) is 0 Å². The molecular weight excluding hydrogens is 372 g/mol. The molecule has 1 N–H and O–H groups in total. The molecule has 0 aliphatic carbocycles. The summed E-state index contributed by atoms with van der Waals surface area (Å²) in [4.78, 5) is 14.4. The molecule has 1 unspecified atom stereocenters. The number of carbonyl (C=O) groups excluding carboxylic acids is 1. The van der Waals surface area contributed by atoms with Crippen LogP contribution < -0.4 is 14.8 Å². The standard InChI is InChI=1S/C21H20N4O4/c26-21(22-16-6-2-1-3-7-16)25-10-4-5-15(12-25)20-24-23-19(29-20)14-8-9-17-18(11-14)28-13-27-17/h1-3,6-9,11,15H,4-5,10,12-13H2,(H,22,26). The van der Waals surface area contributed by atoms with E-state index in [1.165, 1.54) is 0 Å². The molecule has 0 saturated carbocycles. The zero-order valence-corrected chi connectivity index (χ0v) is 15.7. The van der Waals surface area contributed by atoms with Crippen LogP contribution in [0.4, 0.5) is 10.5 Å². The summed E-state index contributed by atoms with van der Waals surface area (Å²) in [5, 5.41) is 11.4. The number of anilines is 1. The molecule has 8 nitrogen and oxygen atoms in total. The first-order valence-corrected chi connectivity index (χ1v) is 9.61. The largest absolute Gasteiger partial charge is 0.454 e. The van der Waals surface area contributed by atoms with Crippen molar-refractivity contribution in [3.63, 3.8) is 0 Å². The summed E-state index contributed by atoms with van der Waals surface area (Å²) in [7, 11) is 0. The molecule has 1 aromatic heterocycles. The van der Waals surface area contributed by atoms with Gasteiger partial charge in [0.1, 0.15) is 0 Å². The van der Waals surface area contributed by atoms with Crippen LogP contribution in [0.15, 0.2) is 52.9 Å². The highest BCUT2D eigenvalue weighted by molar-refractivity contribution is 5.89. The highest BCUT2D eigenvalue weighted by atomic mass is 16.7. The minimum Gasteiger partial charge on any atom is -0.454 e. The third-order valence-electron chi connectivity index (χ3n) is 5.14. The molecule has 2 aromatic carbocycles. The van der Waals surface area contributed by atoms with Gasteiger partial charge in [0.2, 0.25) is 18.6 Å². The molecule has 29 heavy (non-hydrogen) atoms. The van der Waals surface area contributed by atoms with Crippen molar-refractivity contribution in [2.24, 2.45) is 0 Å². The minimum atomic E-state index is -0.114. The van der Waals surface area contributed by atoms with Gasteiger partial charge >= 0.3 is 6.03 Å². The van der Waals surface area contributed by atoms with E-state index in [4.69, 9.17) is 13.9 Å². The van der Waals surface area contributed by atoms with E-state index in [0.717, 1.165) is 24.1 Å². The molecule has 0 radical (unpaired) electrons. The molecular formula is C21H20N4O4. The Morgan fingerprint density at radius 2 is 1.93 bits per heavy atom. The third kappa shape index (κ3) is 3.61. The summed E-state index contributed by atoms with van der Waals surface area (Å²) in [6.45, 7) is 1.47.